The van der Waals surface area contributed by atoms with E-state index in [0.717, 1.165) is 37.6 Å². The van der Waals surface area contributed by atoms with E-state index in [1.807, 2.05) is 4.90 Å². The molecule has 98 valence electrons. The number of anilines is 2. The van der Waals surface area contributed by atoms with Gasteiger partial charge in [-0.25, -0.2) is 4.39 Å². The van der Waals surface area contributed by atoms with Gasteiger partial charge < -0.3 is 15.1 Å². The van der Waals surface area contributed by atoms with Crippen molar-refractivity contribution in [2.75, 3.05) is 43.4 Å². The first-order valence-corrected chi connectivity index (χ1v) is 6.09. The Morgan fingerprint density at radius 3 is 2.50 bits per heavy atom. The van der Waals surface area contributed by atoms with Crippen LogP contribution in [0.5, 0.6) is 0 Å². The van der Waals surface area contributed by atoms with Gasteiger partial charge in [-0.05, 0) is 18.2 Å². The zero-order chi connectivity index (χ0) is 13.1. The second kappa shape index (κ2) is 5.25. The van der Waals surface area contributed by atoms with Gasteiger partial charge in [0.15, 0.2) is 0 Å². The second-order valence-electron chi connectivity index (χ2n) is 4.40. The van der Waals surface area contributed by atoms with Crippen molar-refractivity contribution in [1.29, 1.82) is 0 Å². The fourth-order valence-corrected chi connectivity index (χ4v) is 2.25. The average molecular weight is 251 g/mol. The van der Waals surface area contributed by atoms with Gasteiger partial charge in [-0.2, -0.15) is 0 Å². The van der Waals surface area contributed by atoms with Crippen molar-refractivity contribution in [3.8, 4) is 0 Å². The van der Waals surface area contributed by atoms with Gasteiger partial charge in [0, 0.05) is 40.2 Å². The standard InChI is InChI=1S/C13H18FN3O/c1-10(18)16-5-7-17(8-6-16)13-4-3-11(14)9-12(13)15-2/h3-4,9,15H,5-8H2,1-2H3. The van der Waals surface area contributed by atoms with E-state index in [2.05, 4.69) is 10.2 Å². The molecule has 1 amide bonds. The molecule has 5 heteroatoms. The molecule has 0 aromatic heterocycles. The third kappa shape index (κ3) is 2.55. The molecule has 1 aromatic carbocycles. The van der Waals surface area contributed by atoms with E-state index in [1.54, 1.807) is 20.0 Å². The molecular formula is C13H18FN3O. The van der Waals surface area contributed by atoms with E-state index < -0.39 is 0 Å². The molecule has 0 spiro atoms. The van der Waals surface area contributed by atoms with Crippen LogP contribution in [-0.4, -0.2) is 44.0 Å². The highest BCUT2D eigenvalue weighted by Crippen LogP contribution is 2.27. The van der Waals surface area contributed by atoms with Crippen LogP contribution in [-0.2, 0) is 4.79 Å². The van der Waals surface area contributed by atoms with E-state index in [-0.39, 0.29) is 11.7 Å². The van der Waals surface area contributed by atoms with Crippen LogP contribution in [0.3, 0.4) is 0 Å². The molecule has 1 fully saturated rings. The molecule has 1 N–H and O–H groups in total. The van der Waals surface area contributed by atoms with Gasteiger partial charge in [0.25, 0.3) is 0 Å². The number of hydrogen-bond acceptors (Lipinski definition) is 3. The molecular weight excluding hydrogens is 233 g/mol. The number of halogens is 1. The fourth-order valence-electron chi connectivity index (χ4n) is 2.25. The number of rotatable bonds is 2. The Morgan fingerprint density at radius 1 is 1.28 bits per heavy atom. The van der Waals surface area contributed by atoms with Crippen LogP contribution in [0.15, 0.2) is 18.2 Å². The molecule has 0 radical (unpaired) electrons. The third-order valence-electron chi connectivity index (χ3n) is 3.29. The first-order valence-electron chi connectivity index (χ1n) is 6.09. The molecule has 4 nitrogen and oxygen atoms in total. The molecule has 0 unspecified atom stereocenters. The summed E-state index contributed by atoms with van der Waals surface area (Å²) in [6.07, 6.45) is 0. The van der Waals surface area contributed by atoms with E-state index in [0.29, 0.717) is 0 Å². The number of piperazine rings is 1. The van der Waals surface area contributed by atoms with Crippen molar-refractivity contribution in [3.05, 3.63) is 24.0 Å². The lowest BCUT2D eigenvalue weighted by molar-refractivity contribution is -0.129. The molecule has 1 saturated heterocycles. The summed E-state index contributed by atoms with van der Waals surface area (Å²) in [5.74, 6) is -0.131. The van der Waals surface area contributed by atoms with Gasteiger partial charge in [-0.1, -0.05) is 0 Å². The van der Waals surface area contributed by atoms with Crippen molar-refractivity contribution < 1.29 is 9.18 Å². The predicted octanol–water partition coefficient (Wildman–Crippen LogP) is 1.54. The van der Waals surface area contributed by atoms with Crippen LogP contribution in [0.1, 0.15) is 6.92 Å². The van der Waals surface area contributed by atoms with Crippen molar-refractivity contribution in [3.63, 3.8) is 0 Å². The molecule has 1 aromatic rings. The number of benzene rings is 1. The smallest absolute Gasteiger partial charge is 0.219 e. The Balaban J connectivity index is 2.12. The summed E-state index contributed by atoms with van der Waals surface area (Å²) in [7, 11) is 1.78. The number of nitrogens with zero attached hydrogens (tertiary/aromatic N) is 2. The summed E-state index contributed by atoms with van der Waals surface area (Å²) in [5.41, 5.74) is 1.77. The minimum atomic E-state index is -0.245. The monoisotopic (exact) mass is 251 g/mol. The Labute approximate surface area is 106 Å². The minimum absolute atomic E-state index is 0.114. The Kier molecular flexibility index (Phi) is 3.69. The van der Waals surface area contributed by atoms with E-state index in [9.17, 15) is 9.18 Å². The Hall–Kier alpha value is -1.78. The Bertz CT molecular complexity index is 442. The molecule has 18 heavy (non-hydrogen) atoms. The summed E-state index contributed by atoms with van der Waals surface area (Å²) in [6.45, 7) is 4.58. The number of nitrogens with one attached hydrogen (secondary N) is 1. The highest BCUT2D eigenvalue weighted by atomic mass is 19.1. The van der Waals surface area contributed by atoms with Crippen LogP contribution >= 0.6 is 0 Å². The molecule has 2 rings (SSSR count). The van der Waals surface area contributed by atoms with Crippen LogP contribution < -0.4 is 10.2 Å². The highest BCUT2D eigenvalue weighted by molar-refractivity contribution is 5.74. The van der Waals surface area contributed by atoms with Crippen LogP contribution in [0.2, 0.25) is 0 Å². The average Bonchev–Trinajstić information content (AvgIpc) is 2.38. The zero-order valence-electron chi connectivity index (χ0n) is 10.7. The maximum absolute atomic E-state index is 13.2. The quantitative estimate of drug-likeness (QED) is 0.866. The zero-order valence-corrected chi connectivity index (χ0v) is 10.7. The normalized spacial score (nSPS) is 15.7. The predicted molar refractivity (Wildman–Crippen MR) is 70.4 cm³/mol. The topological polar surface area (TPSA) is 35.6 Å². The fraction of sp³-hybridized carbons (Fsp3) is 0.462. The summed E-state index contributed by atoms with van der Waals surface area (Å²) in [6, 6.07) is 4.74. The first kappa shape index (κ1) is 12.7. The number of hydrogen-bond donors (Lipinski definition) is 1. The van der Waals surface area contributed by atoms with Crippen molar-refractivity contribution in [2.24, 2.45) is 0 Å². The van der Waals surface area contributed by atoms with Gasteiger partial charge in [0.2, 0.25) is 5.91 Å². The third-order valence-corrected chi connectivity index (χ3v) is 3.29. The van der Waals surface area contributed by atoms with Gasteiger partial charge in [0.1, 0.15) is 5.82 Å². The summed E-state index contributed by atoms with van der Waals surface area (Å²) in [4.78, 5) is 15.3. The highest BCUT2D eigenvalue weighted by Gasteiger charge is 2.20. The lowest BCUT2D eigenvalue weighted by Gasteiger charge is -2.36. The van der Waals surface area contributed by atoms with E-state index >= 15 is 0 Å². The largest absolute Gasteiger partial charge is 0.386 e. The number of carbonyl (C=O) groups excluding carboxylic acids is 1. The summed E-state index contributed by atoms with van der Waals surface area (Å²) in [5, 5.41) is 3.01. The first-order chi connectivity index (χ1) is 8.61. The summed E-state index contributed by atoms with van der Waals surface area (Å²) >= 11 is 0. The van der Waals surface area contributed by atoms with Gasteiger partial charge in [-0.3, -0.25) is 4.79 Å². The second-order valence-corrected chi connectivity index (χ2v) is 4.40. The molecule has 1 aliphatic rings. The molecule has 0 bridgehead atoms. The van der Waals surface area contributed by atoms with Crippen molar-refractivity contribution >= 4 is 17.3 Å². The Morgan fingerprint density at radius 2 is 1.94 bits per heavy atom. The van der Waals surface area contributed by atoms with E-state index in [4.69, 9.17) is 0 Å². The maximum atomic E-state index is 13.2. The lowest BCUT2D eigenvalue weighted by Crippen LogP contribution is -2.48. The SMILES string of the molecule is CNc1cc(F)ccc1N1CCN(C(C)=O)CC1. The van der Waals surface area contributed by atoms with E-state index in [1.165, 1.54) is 12.1 Å². The molecule has 0 aliphatic carbocycles. The summed E-state index contributed by atoms with van der Waals surface area (Å²) < 4.78 is 13.2. The minimum Gasteiger partial charge on any atom is -0.386 e. The van der Waals surface area contributed by atoms with Crippen LogP contribution in [0, 0.1) is 5.82 Å². The number of carbonyl (C=O) groups is 1. The van der Waals surface area contributed by atoms with Crippen molar-refractivity contribution in [2.45, 2.75) is 6.92 Å². The van der Waals surface area contributed by atoms with Crippen LogP contribution in [0.25, 0.3) is 0 Å². The van der Waals surface area contributed by atoms with Crippen molar-refractivity contribution in [1.82, 2.24) is 4.90 Å². The van der Waals surface area contributed by atoms with Gasteiger partial charge in [-0.15, -0.1) is 0 Å². The number of amides is 1. The molecule has 0 saturated carbocycles. The maximum Gasteiger partial charge on any atom is 0.219 e. The molecule has 1 heterocycles. The molecule has 0 atom stereocenters. The lowest BCUT2D eigenvalue weighted by atomic mass is 10.2. The van der Waals surface area contributed by atoms with Gasteiger partial charge >= 0.3 is 0 Å². The molecule has 1 aliphatic heterocycles. The van der Waals surface area contributed by atoms with Gasteiger partial charge in [0.05, 0.1) is 11.4 Å². The van der Waals surface area contributed by atoms with Crippen LogP contribution in [0.4, 0.5) is 15.8 Å².